The summed E-state index contributed by atoms with van der Waals surface area (Å²) in [4.78, 5) is 10.1. The normalized spacial score (nSPS) is 47.7. The van der Waals surface area contributed by atoms with Crippen molar-refractivity contribution >= 4 is 6.47 Å². The fraction of sp³-hybridized carbons (Fsp3) is 0.875. The summed E-state index contributed by atoms with van der Waals surface area (Å²) < 4.78 is 10.5. The third kappa shape index (κ3) is 1.03. The zero-order chi connectivity index (χ0) is 7.84. The van der Waals surface area contributed by atoms with Gasteiger partial charge in [-0.25, -0.2) is 0 Å². The van der Waals surface area contributed by atoms with Crippen molar-refractivity contribution in [3.05, 3.63) is 0 Å². The average molecular weight is 156 g/mol. The molecule has 0 radical (unpaired) electrons. The van der Waals surface area contributed by atoms with E-state index in [1.807, 2.05) is 0 Å². The predicted molar refractivity (Wildman–Crippen MR) is 38.0 cm³/mol. The lowest BCUT2D eigenvalue weighted by atomic mass is 9.89. The van der Waals surface area contributed by atoms with E-state index in [0.29, 0.717) is 18.5 Å². The van der Waals surface area contributed by atoms with Crippen molar-refractivity contribution in [3.8, 4) is 0 Å². The first-order valence-corrected chi connectivity index (χ1v) is 4.06. The molecular formula is C8H12O3. The molecule has 2 saturated heterocycles. The van der Waals surface area contributed by atoms with E-state index in [4.69, 9.17) is 9.47 Å². The molecule has 4 atom stereocenters. The average Bonchev–Trinajstić information content (AvgIpc) is 2.46. The quantitative estimate of drug-likeness (QED) is 0.553. The Kier molecular flexibility index (Phi) is 1.60. The summed E-state index contributed by atoms with van der Waals surface area (Å²) in [6.07, 6.45) is 2.57. The van der Waals surface area contributed by atoms with Gasteiger partial charge >= 0.3 is 0 Å². The van der Waals surface area contributed by atoms with Crippen molar-refractivity contribution in [3.63, 3.8) is 0 Å². The van der Waals surface area contributed by atoms with Crippen LogP contribution in [0.1, 0.15) is 19.8 Å². The third-order valence-corrected chi connectivity index (χ3v) is 2.64. The molecule has 0 spiro atoms. The highest BCUT2D eigenvalue weighted by Gasteiger charge is 2.46. The number of hydrogen-bond donors (Lipinski definition) is 0. The van der Waals surface area contributed by atoms with Gasteiger partial charge in [-0.3, -0.25) is 4.79 Å². The first-order chi connectivity index (χ1) is 5.31. The van der Waals surface area contributed by atoms with E-state index in [2.05, 4.69) is 6.92 Å². The molecule has 0 amide bonds. The van der Waals surface area contributed by atoms with E-state index in [-0.39, 0.29) is 12.2 Å². The molecule has 0 N–H and O–H groups in total. The Balaban J connectivity index is 2.00. The molecular weight excluding hydrogens is 144 g/mol. The standard InChI is InChI=1S/C8H12O3/c1-5-2-6-3-7(10-4-9)8(5)11-6/h4-8H,2-3H2,1H3. The van der Waals surface area contributed by atoms with Gasteiger partial charge in [0.1, 0.15) is 6.10 Å². The predicted octanol–water partition coefficient (Wildman–Crippen LogP) is 0.725. The molecule has 0 saturated carbocycles. The van der Waals surface area contributed by atoms with E-state index >= 15 is 0 Å². The molecule has 2 heterocycles. The highest BCUT2D eigenvalue weighted by molar-refractivity contribution is 5.37. The minimum Gasteiger partial charge on any atom is -0.462 e. The van der Waals surface area contributed by atoms with Gasteiger partial charge in [0.25, 0.3) is 6.47 Å². The van der Waals surface area contributed by atoms with Gasteiger partial charge in [-0.2, -0.15) is 0 Å². The highest BCUT2D eigenvalue weighted by Crippen LogP contribution is 2.39. The number of carbonyl (C=O) groups excluding carboxylic acids is 1. The van der Waals surface area contributed by atoms with Crippen LogP contribution < -0.4 is 0 Å². The Morgan fingerprint density at radius 2 is 2.36 bits per heavy atom. The Labute approximate surface area is 65.7 Å². The van der Waals surface area contributed by atoms with Crippen LogP contribution in [0.3, 0.4) is 0 Å². The number of hydrogen-bond acceptors (Lipinski definition) is 3. The lowest BCUT2D eigenvalue weighted by molar-refractivity contribution is -0.136. The van der Waals surface area contributed by atoms with Crippen LogP contribution in [0, 0.1) is 5.92 Å². The summed E-state index contributed by atoms with van der Waals surface area (Å²) >= 11 is 0. The molecule has 0 aromatic carbocycles. The minimum atomic E-state index is 0.0289. The lowest BCUT2D eigenvalue weighted by Gasteiger charge is -2.21. The molecule has 2 bridgehead atoms. The van der Waals surface area contributed by atoms with E-state index < -0.39 is 0 Å². The van der Waals surface area contributed by atoms with Crippen LogP contribution in [0.4, 0.5) is 0 Å². The summed E-state index contributed by atoms with van der Waals surface area (Å²) in [5, 5.41) is 0. The van der Waals surface area contributed by atoms with Crippen LogP contribution in [0.5, 0.6) is 0 Å². The summed E-state index contributed by atoms with van der Waals surface area (Å²) in [7, 11) is 0. The fourth-order valence-corrected chi connectivity index (χ4v) is 2.16. The molecule has 2 fully saturated rings. The molecule has 11 heavy (non-hydrogen) atoms. The zero-order valence-electron chi connectivity index (χ0n) is 6.53. The lowest BCUT2D eigenvalue weighted by Crippen LogP contribution is -2.30. The zero-order valence-corrected chi connectivity index (χ0v) is 6.53. The van der Waals surface area contributed by atoms with Crippen LogP contribution >= 0.6 is 0 Å². The molecule has 0 aromatic rings. The molecule has 62 valence electrons. The van der Waals surface area contributed by atoms with Crippen molar-refractivity contribution in [2.45, 2.75) is 38.1 Å². The molecule has 2 aliphatic rings. The Morgan fingerprint density at radius 1 is 1.55 bits per heavy atom. The van der Waals surface area contributed by atoms with Gasteiger partial charge in [-0.1, -0.05) is 6.92 Å². The third-order valence-electron chi connectivity index (χ3n) is 2.64. The Bertz CT molecular complexity index is 169. The SMILES string of the molecule is CC1CC2CC(OC=O)C1O2. The summed E-state index contributed by atoms with van der Waals surface area (Å²) in [6.45, 7) is 2.67. The highest BCUT2D eigenvalue weighted by atomic mass is 16.6. The molecule has 4 unspecified atom stereocenters. The maximum atomic E-state index is 10.1. The maximum absolute atomic E-state index is 10.1. The van der Waals surface area contributed by atoms with Gasteiger partial charge in [0.2, 0.25) is 0 Å². The van der Waals surface area contributed by atoms with Crippen molar-refractivity contribution in [1.29, 1.82) is 0 Å². The van der Waals surface area contributed by atoms with Gasteiger partial charge in [0.15, 0.2) is 0 Å². The molecule has 0 aliphatic carbocycles. The number of ether oxygens (including phenoxy) is 2. The Hall–Kier alpha value is -0.570. The van der Waals surface area contributed by atoms with Crippen molar-refractivity contribution < 1.29 is 14.3 Å². The van der Waals surface area contributed by atoms with Crippen LogP contribution in [0.25, 0.3) is 0 Å². The fourth-order valence-electron chi connectivity index (χ4n) is 2.16. The first-order valence-electron chi connectivity index (χ1n) is 4.06. The second kappa shape index (κ2) is 2.48. The van der Waals surface area contributed by atoms with E-state index in [1.54, 1.807) is 0 Å². The Morgan fingerprint density at radius 3 is 2.91 bits per heavy atom. The van der Waals surface area contributed by atoms with Gasteiger partial charge in [-0.05, 0) is 12.3 Å². The molecule has 0 aromatic heterocycles. The molecule has 3 heteroatoms. The van der Waals surface area contributed by atoms with Crippen LogP contribution in [-0.4, -0.2) is 24.8 Å². The van der Waals surface area contributed by atoms with E-state index in [1.165, 1.54) is 0 Å². The maximum Gasteiger partial charge on any atom is 0.293 e. The smallest absolute Gasteiger partial charge is 0.293 e. The summed E-state index contributed by atoms with van der Waals surface area (Å²) in [5.41, 5.74) is 0. The molecule has 2 rings (SSSR count). The number of carbonyl (C=O) groups is 1. The second-order valence-electron chi connectivity index (χ2n) is 3.44. The molecule has 3 nitrogen and oxygen atoms in total. The number of rotatable bonds is 2. The van der Waals surface area contributed by atoms with E-state index in [0.717, 1.165) is 12.8 Å². The molecule has 2 aliphatic heterocycles. The summed E-state index contributed by atoms with van der Waals surface area (Å²) in [5.74, 6) is 0.554. The largest absolute Gasteiger partial charge is 0.462 e. The van der Waals surface area contributed by atoms with Crippen molar-refractivity contribution in [2.75, 3.05) is 0 Å². The van der Waals surface area contributed by atoms with Crippen molar-refractivity contribution in [1.82, 2.24) is 0 Å². The monoisotopic (exact) mass is 156 g/mol. The topological polar surface area (TPSA) is 35.5 Å². The van der Waals surface area contributed by atoms with Crippen LogP contribution in [0.15, 0.2) is 0 Å². The minimum absolute atomic E-state index is 0.0289. The van der Waals surface area contributed by atoms with Gasteiger partial charge in [0, 0.05) is 6.42 Å². The van der Waals surface area contributed by atoms with Crippen LogP contribution in [0.2, 0.25) is 0 Å². The van der Waals surface area contributed by atoms with E-state index in [9.17, 15) is 4.79 Å². The second-order valence-corrected chi connectivity index (χ2v) is 3.44. The summed E-state index contributed by atoms with van der Waals surface area (Å²) in [6, 6.07) is 0. The van der Waals surface area contributed by atoms with Gasteiger partial charge in [-0.15, -0.1) is 0 Å². The van der Waals surface area contributed by atoms with Crippen molar-refractivity contribution in [2.24, 2.45) is 5.92 Å². The number of fused-ring (bicyclic) bond motifs is 2. The van der Waals surface area contributed by atoms with Crippen LogP contribution in [-0.2, 0) is 14.3 Å². The first kappa shape index (κ1) is 7.10. The van der Waals surface area contributed by atoms with Gasteiger partial charge in [0.05, 0.1) is 12.2 Å². The van der Waals surface area contributed by atoms with Gasteiger partial charge < -0.3 is 9.47 Å².